The third kappa shape index (κ3) is 1.46. The molecule has 1 aromatic heterocycles. The predicted octanol–water partition coefficient (Wildman–Crippen LogP) is 0.485. The Bertz CT molecular complexity index is 273. The fourth-order valence-corrected chi connectivity index (χ4v) is 0.695. The molecule has 0 saturated carbocycles. The molecule has 4 heteroatoms. The van der Waals surface area contributed by atoms with E-state index >= 15 is 0 Å². The quantitative estimate of drug-likeness (QED) is 0.626. The van der Waals surface area contributed by atoms with E-state index in [2.05, 4.69) is 4.98 Å². The predicted molar refractivity (Wildman–Crippen MR) is 40.6 cm³/mol. The highest BCUT2D eigenvalue weighted by atomic mass is 16.5. The van der Waals surface area contributed by atoms with Crippen LogP contribution in [0, 0.1) is 0 Å². The molecule has 0 aliphatic carbocycles. The van der Waals surface area contributed by atoms with E-state index in [1.165, 1.54) is 13.2 Å². The van der Waals surface area contributed by atoms with Gasteiger partial charge in [0.15, 0.2) is 6.29 Å². The summed E-state index contributed by atoms with van der Waals surface area (Å²) in [5, 5.41) is 0. The minimum absolute atomic E-state index is 0.287. The number of aldehydes is 1. The van der Waals surface area contributed by atoms with Crippen molar-refractivity contribution in [2.45, 2.75) is 0 Å². The van der Waals surface area contributed by atoms with Crippen molar-refractivity contribution < 1.29 is 9.53 Å². The van der Waals surface area contributed by atoms with Crippen molar-refractivity contribution in [1.29, 1.82) is 0 Å². The van der Waals surface area contributed by atoms with Gasteiger partial charge in [0.05, 0.1) is 12.8 Å². The molecular formula is C7H8N2O2. The molecule has 2 N–H and O–H groups in total. The van der Waals surface area contributed by atoms with E-state index in [1.54, 1.807) is 6.07 Å². The molecule has 1 heterocycles. The average molecular weight is 152 g/mol. The zero-order chi connectivity index (χ0) is 8.27. The molecule has 0 aromatic carbocycles. The van der Waals surface area contributed by atoms with E-state index in [4.69, 9.17) is 10.5 Å². The Hall–Kier alpha value is -1.58. The normalized spacial score (nSPS) is 9.18. The third-order valence-electron chi connectivity index (χ3n) is 1.23. The van der Waals surface area contributed by atoms with Gasteiger partial charge in [-0.2, -0.15) is 0 Å². The lowest BCUT2D eigenvalue weighted by molar-refractivity contribution is 0.111. The van der Waals surface area contributed by atoms with E-state index in [0.29, 0.717) is 17.7 Å². The Morgan fingerprint density at radius 2 is 2.36 bits per heavy atom. The summed E-state index contributed by atoms with van der Waals surface area (Å²) in [6.45, 7) is 0. The zero-order valence-electron chi connectivity index (χ0n) is 6.07. The molecule has 1 aromatic rings. The number of ether oxygens (including phenoxy) is 1. The lowest BCUT2D eigenvalue weighted by atomic mass is 10.3. The smallest absolute Gasteiger partial charge is 0.237 e. The molecule has 0 radical (unpaired) electrons. The first-order valence-corrected chi connectivity index (χ1v) is 3.03. The number of carbonyl (C=O) groups is 1. The molecule has 0 aliphatic rings. The summed E-state index contributed by atoms with van der Waals surface area (Å²) in [5.41, 5.74) is 6.20. The second kappa shape index (κ2) is 3.01. The highest BCUT2D eigenvalue weighted by molar-refractivity contribution is 5.73. The number of anilines is 1. The highest BCUT2D eigenvalue weighted by Gasteiger charge is 2.00. The first-order chi connectivity index (χ1) is 5.27. The number of methoxy groups -OCH3 is 1. The molecule has 58 valence electrons. The third-order valence-corrected chi connectivity index (χ3v) is 1.23. The lowest BCUT2D eigenvalue weighted by Gasteiger charge is -2.01. The van der Waals surface area contributed by atoms with Crippen LogP contribution in [-0.2, 0) is 0 Å². The van der Waals surface area contributed by atoms with Gasteiger partial charge >= 0.3 is 0 Å². The van der Waals surface area contributed by atoms with Gasteiger partial charge in [-0.15, -0.1) is 0 Å². The second-order valence-corrected chi connectivity index (χ2v) is 1.95. The standard InChI is InChI=1S/C7H8N2O2/c1-11-7-6(8)3-2-5(4-10)9-7/h2-4H,8H2,1H3. The number of carbonyl (C=O) groups excluding carboxylic acids is 1. The fourth-order valence-electron chi connectivity index (χ4n) is 0.695. The van der Waals surface area contributed by atoms with Crippen molar-refractivity contribution in [2.75, 3.05) is 12.8 Å². The molecule has 4 nitrogen and oxygen atoms in total. The fraction of sp³-hybridized carbons (Fsp3) is 0.143. The number of rotatable bonds is 2. The Kier molecular flexibility index (Phi) is 2.06. The molecule has 0 unspecified atom stereocenters. The number of hydrogen-bond donors (Lipinski definition) is 1. The molecule has 0 aliphatic heterocycles. The minimum Gasteiger partial charge on any atom is -0.480 e. The summed E-state index contributed by atoms with van der Waals surface area (Å²) in [4.78, 5) is 14.0. The summed E-state index contributed by atoms with van der Waals surface area (Å²) in [5.74, 6) is 0.287. The van der Waals surface area contributed by atoms with Crippen LogP contribution in [0.1, 0.15) is 10.5 Å². The average Bonchev–Trinajstić information content (AvgIpc) is 2.05. The lowest BCUT2D eigenvalue weighted by Crippen LogP contribution is -1.97. The van der Waals surface area contributed by atoms with Gasteiger partial charge in [0.1, 0.15) is 5.69 Å². The molecule has 0 fully saturated rings. The van der Waals surface area contributed by atoms with Crippen LogP contribution in [-0.4, -0.2) is 18.4 Å². The molecule has 0 saturated heterocycles. The first-order valence-electron chi connectivity index (χ1n) is 3.03. The van der Waals surface area contributed by atoms with Crippen molar-refractivity contribution in [1.82, 2.24) is 4.98 Å². The molecule has 0 spiro atoms. The van der Waals surface area contributed by atoms with E-state index in [0.717, 1.165) is 0 Å². The maximum absolute atomic E-state index is 10.2. The van der Waals surface area contributed by atoms with Gasteiger partial charge in [0.2, 0.25) is 5.88 Å². The summed E-state index contributed by atoms with van der Waals surface area (Å²) in [6.07, 6.45) is 0.641. The maximum atomic E-state index is 10.2. The van der Waals surface area contributed by atoms with E-state index in [9.17, 15) is 4.79 Å². The van der Waals surface area contributed by atoms with Crippen molar-refractivity contribution >= 4 is 12.0 Å². The number of nitrogens with zero attached hydrogens (tertiary/aromatic N) is 1. The van der Waals surface area contributed by atoms with Gasteiger partial charge in [-0.05, 0) is 12.1 Å². The Morgan fingerprint density at radius 1 is 1.64 bits per heavy atom. The zero-order valence-corrected chi connectivity index (χ0v) is 6.07. The SMILES string of the molecule is COc1nc(C=O)ccc1N. The number of pyridine rings is 1. The topological polar surface area (TPSA) is 65.2 Å². The number of aromatic nitrogens is 1. The summed E-state index contributed by atoms with van der Waals surface area (Å²) in [7, 11) is 1.45. The van der Waals surface area contributed by atoms with Gasteiger partial charge in [0, 0.05) is 0 Å². The van der Waals surface area contributed by atoms with Crippen LogP contribution in [0.5, 0.6) is 5.88 Å². The van der Waals surface area contributed by atoms with Gasteiger partial charge in [-0.3, -0.25) is 4.79 Å². The number of nitrogens with two attached hydrogens (primary N) is 1. The first kappa shape index (κ1) is 7.53. The Morgan fingerprint density at radius 3 is 2.91 bits per heavy atom. The van der Waals surface area contributed by atoms with Crippen LogP contribution in [0.4, 0.5) is 5.69 Å². The highest BCUT2D eigenvalue weighted by Crippen LogP contribution is 2.16. The van der Waals surface area contributed by atoms with Crippen LogP contribution < -0.4 is 10.5 Å². The number of nitrogen functional groups attached to an aromatic ring is 1. The Balaban J connectivity index is 3.12. The van der Waals surface area contributed by atoms with Crippen LogP contribution in [0.2, 0.25) is 0 Å². The van der Waals surface area contributed by atoms with Crippen molar-refractivity contribution in [3.63, 3.8) is 0 Å². The van der Waals surface area contributed by atoms with E-state index in [1.807, 2.05) is 0 Å². The van der Waals surface area contributed by atoms with Crippen LogP contribution in [0.25, 0.3) is 0 Å². The maximum Gasteiger partial charge on any atom is 0.237 e. The van der Waals surface area contributed by atoms with Gasteiger partial charge in [-0.1, -0.05) is 0 Å². The van der Waals surface area contributed by atoms with Gasteiger partial charge in [-0.25, -0.2) is 4.98 Å². The Labute approximate surface area is 64.0 Å². The molecule has 11 heavy (non-hydrogen) atoms. The molecule has 0 bridgehead atoms. The largest absolute Gasteiger partial charge is 0.480 e. The molecular weight excluding hydrogens is 144 g/mol. The van der Waals surface area contributed by atoms with Crippen LogP contribution >= 0.6 is 0 Å². The number of hydrogen-bond acceptors (Lipinski definition) is 4. The second-order valence-electron chi connectivity index (χ2n) is 1.95. The summed E-state index contributed by atoms with van der Waals surface area (Å²) in [6, 6.07) is 3.11. The monoisotopic (exact) mass is 152 g/mol. The molecule has 0 amide bonds. The molecule has 0 atom stereocenters. The van der Waals surface area contributed by atoms with Crippen LogP contribution in [0.15, 0.2) is 12.1 Å². The van der Waals surface area contributed by atoms with Gasteiger partial charge in [0.25, 0.3) is 0 Å². The summed E-state index contributed by atoms with van der Waals surface area (Å²) < 4.78 is 4.79. The van der Waals surface area contributed by atoms with Crippen molar-refractivity contribution in [3.8, 4) is 5.88 Å². The van der Waals surface area contributed by atoms with E-state index < -0.39 is 0 Å². The van der Waals surface area contributed by atoms with Crippen LogP contribution in [0.3, 0.4) is 0 Å². The summed E-state index contributed by atoms with van der Waals surface area (Å²) >= 11 is 0. The van der Waals surface area contributed by atoms with Gasteiger partial charge < -0.3 is 10.5 Å². The van der Waals surface area contributed by atoms with E-state index in [-0.39, 0.29) is 5.88 Å². The van der Waals surface area contributed by atoms with Crippen molar-refractivity contribution in [2.24, 2.45) is 0 Å². The van der Waals surface area contributed by atoms with Crippen molar-refractivity contribution in [3.05, 3.63) is 17.8 Å². The molecule has 1 rings (SSSR count). The minimum atomic E-state index is 0.287.